The lowest BCUT2D eigenvalue weighted by molar-refractivity contribution is -0.144. The van der Waals surface area contributed by atoms with Crippen molar-refractivity contribution >= 4 is 40.9 Å². The molecule has 0 heterocycles. The number of rotatable bonds is 28. The summed E-state index contributed by atoms with van der Waals surface area (Å²) in [6, 6.07) is 13.4. The number of aliphatic carboxylic acids is 1. The Bertz CT molecular complexity index is 1660. The lowest BCUT2D eigenvalue weighted by Gasteiger charge is -2.32. The molecule has 0 aliphatic heterocycles. The number of hydrogen-bond acceptors (Lipinski definition) is 8. The van der Waals surface area contributed by atoms with Crippen LogP contribution in [0.5, 0.6) is 0 Å². The lowest BCUT2D eigenvalue weighted by atomic mass is 9.90. The van der Waals surface area contributed by atoms with Crippen molar-refractivity contribution in [3.05, 3.63) is 59.7 Å². The van der Waals surface area contributed by atoms with Gasteiger partial charge in [0.15, 0.2) is 11.6 Å². The van der Waals surface area contributed by atoms with E-state index in [1.54, 1.807) is 13.8 Å². The highest BCUT2D eigenvalue weighted by Crippen LogP contribution is 2.24. The largest absolute Gasteiger partial charge is 0.480 e. The molecule has 2 aromatic carbocycles. The monoisotopic (exact) mass is 804 g/mol. The molecular weight excluding hydrogens is 737 g/mol. The van der Waals surface area contributed by atoms with Crippen LogP contribution in [0.25, 0.3) is 11.1 Å². The van der Waals surface area contributed by atoms with Gasteiger partial charge in [-0.15, -0.1) is 0 Å². The van der Waals surface area contributed by atoms with E-state index in [1.807, 2.05) is 52.0 Å². The Morgan fingerprint density at radius 3 is 1.83 bits per heavy atom. The summed E-state index contributed by atoms with van der Waals surface area (Å²) in [5.41, 5.74) is 3.31. The fourth-order valence-corrected chi connectivity index (χ4v) is 6.95. The molecular formula is C47H68N2O9. The van der Waals surface area contributed by atoms with E-state index in [4.69, 9.17) is 4.74 Å². The van der Waals surface area contributed by atoms with Gasteiger partial charge in [0.2, 0.25) is 11.8 Å². The Morgan fingerprint density at radius 1 is 0.707 bits per heavy atom. The number of aryl methyl sites for hydroxylation is 1. The Labute approximate surface area is 345 Å². The quantitative estimate of drug-likeness (QED) is 0.0564. The van der Waals surface area contributed by atoms with Gasteiger partial charge < -0.3 is 20.5 Å². The van der Waals surface area contributed by atoms with Crippen molar-refractivity contribution in [3.8, 4) is 11.1 Å². The van der Waals surface area contributed by atoms with Crippen molar-refractivity contribution < 1.29 is 43.4 Å². The molecule has 0 unspecified atom stereocenters. The zero-order valence-corrected chi connectivity index (χ0v) is 36.1. The summed E-state index contributed by atoms with van der Waals surface area (Å²) in [6.45, 7) is 14.2. The molecule has 0 fully saturated rings. The predicted octanol–water partition coefficient (Wildman–Crippen LogP) is 8.43. The minimum absolute atomic E-state index is 0.0438. The van der Waals surface area contributed by atoms with E-state index >= 15 is 0 Å². The summed E-state index contributed by atoms with van der Waals surface area (Å²) in [6.07, 6.45) is 5.59. The Kier molecular flexibility index (Phi) is 21.5. The number of hydrogen-bond donors (Lipinski definition) is 3. The van der Waals surface area contributed by atoms with Crippen LogP contribution in [0.2, 0.25) is 0 Å². The highest BCUT2D eigenvalue weighted by atomic mass is 16.5. The average molecular weight is 805 g/mol. The first-order chi connectivity index (χ1) is 27.4. The standard InChI is InChI=1S/C47H68N2O9/c1-9-12-14-17-38(29-39(51)18-15-19-41(52)37-26-24-36(25-27-37)35-22-20-33(21-23-35)16-13-10-2)45(55)49-43(32(5)58-47(6,7)8)42(53)30-34(11-3)44(54)48-40(46(56)57)28-31(4)50/h20-27,32,34,38,40,43H,9-19,28-30H2,1-8H3,(H,48,54)(H,49,55)(H,56,57)/t32-,34-,38-,40+,43+/m1/s1. The third kappa shape index (κ3) is 18.0. The fraction of sp³-hybridized carbons (Fsp3) is 0.596. The molecule has 0 radical (unpaired) electrons. The van der Waals surface area contributed by atoms with E-state index in [0.717, 1.165) is 43.2 Å². The molecule has 0 aliphatic carbocycles. The van der Waals surface area contributed by atoms with Crippen LogP contribution in [-0.2, 0) is 39.9 Å². The van der Waals surface area contributed by atoms with E-state index in [1.165, 1.54) is 12.5 Å². The maximum absolute atomic E-state index is 13.9. The maximum Gasteiger partial charge on any atom is 0.326 e. The predicted molar refractivity (Wildman–Crippen MR) is 226 cm³/mol. The molecule has 58 heavy (non-hydrogen) atoms. The number of ketones is 4. The Morgan fingerprint density at radius 2 is 1.29 bits per heavy atom. The molecule has 0 saturated carbocycles. The summed E-state index contributed by atoms with van der Waals surface area (Å²) in [5.74, 6) is -5.23. The van der Waals surface area contributed by atoms with Crippen molar-refractivity contribution in [2.45, 2.75) is 169 Å². The van der Waals surface area contributed by atoms with Crippen molar-refractivity contribution in [1.29, 1.82) is 0 Å². The summed E-state index contributed by atoms with van der Waals surface area (Å²) < 4.78 is 6.10. The van der Waals surface area contributed by atoms with Gasteiger partial charge in [-0.05, 0) is 83.4 Å². The third-order valence-electron chi connectivity index (χ3n) is 10.2. The number of ether oxygens (including phenoxy) is 1. The van der Waals surface area contributed by atoms with Gasteiger partial charge in [0.05, 0.1) is 11.7 Å². The zero-order valence-electron chi connectivity index (χ0n) is 36.1. The molecule has 2 rings (SSSR count). The number of carbonyl (C=O) groups is 7. The van der Waals surface area contributed by atoms with Crippen molar-refractivity contribution in [2.75, 3.05) is 0 Å². The van der Waals surface area contributed by atoms with Crippen molar-refractivity contribution in [1.82, 2.24) is 10.6 Å². The Balaban J connectivity index is 2.11. The molecule has 2 amide bonds. The molecule has 5 atom stereocenters. The number of carbonyl (C=O) groups excluding carboxylic acids is 6. The number of carboxylic acid groups (broad SMARTS) is 1. The minimum atomic E-state index is -1.43. The van der Waals surface area contributed by atoms with Gasteiger partial charge >= 0.3 is 5.97 Å². The first-order valence-corrected chi connectivity index (χ1v) is 21.2. The summed E-state index contributed by atoms with van der Waals surface area (Å²) in [5, 5.41) is 14.7. The van der Waals surface area contributed by atoms with Crippen molar-refractivity contribution in [2.24, 2.45) is 11.8 Å². The Hall–Kier alpha value is -4.51. The molecule has 0 aromatic heterocycles. The van der Waals surface area contributed by atoms with Gasteiger partial charge in [-0.25, -0.2) is 4.79 Å². The van der Waals surface area contributed by atoms with Gasteiger partial charge in [0.1, 0.15) is 23.7 Å². The second-order valence-corrected chi connectivity index (χ2v) is 16.6. The van der Waals surface area contributed by atoms with Crippen LogP contribution < -0.4 is 10.6 Å². The van der Waals surface area contributed by atoms with Crippen LogP contribution in [0, 0.1) is 11.8 Å². The second-order valence-electron chi connectivity index (χ2n) is 16.6. The van der Waals surface area contributed by atoms with Crippen LogP contribution in [0.1, 0.15) is 155 Å². The molecule has 0 aliphatic rings. The molecule has 0 saturated heterocycles. The normalized spacial score (nSPS) is 14.1. The van der Waals surface area contributed by atoms with Crippen LogP contribution in [0.15, 0.2) is 48.5 Å². The minimum Gasteiger partial charge on any atom is -0.480 e. The van der Waals surface area contributed by atoms with Gasteiger partial charge in [0, 0.05) is 49.5 Å². The second kappa shape index (κ2) is 25.1. The molecule has 2 aromatic rings. The summed E-state index contributed by atoms with van der Waals surface area (Å²) in [7, 11) is 0. The SMILES string of the molecule is CCCCC[C@H](CC(=O)CCCC(=O)c1ccc(-c2ccc(CCCC)cc2)cc1)C(=O)N[C@H](C(=O)C[C@@H](CC)C(=O)N[C@@H](CC(C)=O)C(=O)O)[C@@H](C)OC(C)(C)C. The van der Waals surface area contributed by atoms with E-state index in [9.17, 15) is 38.7 Å². The molecule has 0 spiro atoms. The van der Waals surface area contributed by atoms with E-state index in [-0.39, 0.29) is 43.7 Å². The van der Waals surface area contributed by atoms with Gasteiger partial charge in [-0.2, -0.15) is 0 Å². The van der Waals surface area contributed by atoms with Crippen LogP contribution in [0.3, 0.4) is 0 Å². The van der Waals surface area contributed by atoms with E-state index in [0.29, 0.717) is 24.8 Å². The number of nitrogens with one attached hydrogen (secondary N) is 2. The third-order valence-corrected chi connectivity index (χ3v) is 10.2. The molecule has 0 bridgehead atoms. The molecule has 3 N–H and O–H groups in total. The van der Waals surface area contributed by atoms with Crippen LogP contribution >= 0.6 is 0 Å². The number of unbranched alkanes of at least 4 members (excludes halogenated alkanes) is 3. The van der Waals surface area contributed by atoms with Gasteiger partial charge in [-0.1, -0.05) is 95.0 Å². The van der Waals surface area contributed by atoms with Crippen LogP contribution in [-0.4, -0.2) is 69.8 Å². The molecule has 11 nitrogen and oxygen atoms in total. The highest BCUT2D eigenvalue weighted by molar-refractivity contribution is 5.97. The number of Topliss-reactive ketones (excluding diaryl/α,β-unsaturated/α-hetero) is 4. The number of benzene rings is 2. The first kappa shape index (κ1) is 49.6. The van der Waals surface area contributed by atoms with E-state index < -0.39 is 71.4 Å². The van der Waals surface area contributed by atoms with Crippen molar-refractivity contribution in [3.63, 3.8) is 0 Å². The maximum atomic E-state index is 13.9. The smallest absolute Gasteiger partial charge is 0.326 e. The fourth-order valence-electron chi connectivity index (χ4n) is 6.95. The van der Waals surface area contributed by atoms with Gasteiger partial charge in [0.25, 0.3) is 0 Å². The lowest BCUT2D eigenvalue weighted by Crippen LogP contribution is -2.53. The van der Waals surface area contributed by atoms with Crippen LogP contribution in [0.4, 0.5) is 0 Å². The highest BCUT2D eigenvalue weighted by Gasteiger charge is 2.35. The topological polar surface area (TPSA) is 173 Å². The van der Waals surface area contributed by atoms with E-state index in [2.05, 4.69) is 41.8 Å². The first-order valence-electron chi connectivity index (χ1n) is 21.2. The van der Waals surface area contributed by atoms with Gasteiger partial charge in [-0.3, -0.25) is 28.8 Å². The average Bonchev–Trinajstić information content (AvgIpc) is 3.16. The summed E-state index contributed by atoms with van der Waals surface area (Å²) >= 11 is 0. The number of amides is 2. The zero-order chi connectivity index (χ0) is 43.4. The number of carboxylic acids is 1. The molecule has 11 heteroatoms. The molecule has 320 valence electrons. The summed E-state index contributed by atoms with van der Waals surface area (Å²) in [4.78, 5) is 90.6.